The van der Waals surface area contributed by atoms with Crippen LogP contribution in [-0.4, -0.2) is 32.6 Å². The normalized spacial score (nSPS) is 16.7. The zero-order chi connectivity index (χ0) is 13.9. The zero-order valence-corrected chi connectivity index (χ0v) is 10.1. The largest absolute Gasteiger partial charge is 0.507 e. The van der Waals surface area contributed by atoms with E-state index in [9.17, 15) is 20.1 Å². The van der Waals surface area contributed by atoms with Gasteiger partial charge in [0.2, 0.25) is 0 Å². The highest BCUT2D eigenvalue weighted by atomic mass is 16.4. The van der Waals surface area contributed by atoms with Crippen LogP contribution in [0.1, 0.15) is 31.3 Å². The Morgan fingerprint density at radius 2 is 1.94 bits per heavy atom. The van der Waals surface area contributed by atoms with Gasteiger partial charge in [0.15, 0.2) is 0 Å². The van der Waals surface area contributed by atoms with Crippen LogP contribution in [0.2, 0.25) is 0 Å². The molecule has 1 aromatic heterocycles. The molecule has 0 aliphatic heterocycles. The van der Waals surface area contributed by atoms with Crippen molar-refractivity contribution in [1.29, 1.82) is 0 Å². The molecule has 1 heterocycles. The van der Waals surface area contributed by atoms with E-state index >= 15 is 0 Å². The van der Waals surface area contributed by atoms with Crippen LogP contribution in [0.3, 0.4) is 0 Å². The van der Waals surface area contributed by atoms with Gasteiger partial charge in [0.1, 0.15) is 29.3 Å². The molecule has 0 radical (unpaired) electrons. The third kappa shape index (κ3) is 2.98. The maximum atomic E-state index is 11.6. The standard InChI is InChI=1S/C12H16O6/c1-3-4-7-5-8(14)9(12(17)18-7)11(16)10(15)6(2)13/h3-6,10-11,13-16H,1-2H3/b4-3+. The molecule has 0 aromatic carbocycles. The molecule has 3 unspecified atom stereocenters. The van der Waals surface area contributed by atoms with Gasteiger partial charge in [-0.25, -0.2) is 4.79 Å². The molecule has 0 bridgehead atoms. The van der Waals surface area contributed by atoms with Crippen molar-refractivity contribution in [3.05, 3.63) is 33.9 Å². The molecule has 6 nitrogen and oxygen atoms in total. The second-order valence-corrected chi connectivity index (χ2v) is 3.91. The van der Waals surface area contributed by atoms with Gasteiger partial charge < -0.3 is 24.8 Å². The molecule has 18 heavy (non-hydrogen) atoms. The monoisotopic (exact) mass is 256 g/mol. The molecular formula is C12H16O6. The zero-order valence-electron chi connectivity index (χ0n) is 10.1. The molecule has 3 atom stereocenters. The SMILES string of the molecule is C/C=C/c1cc(O)c(C(O)C(O)C(C)O)c(=O)o1. The molecule has 0 saturated carbocycles. The molecule has 0 aliphatic rings. The lowest BCUT2D eigenvalue weighted by atomic mass is 10.0. The van der Waals surface area contributed by atoms with Crippen LogP contribution in [0.25, 0.3) is 6.08 Å². The Morgan fingerprint density at radius 1 is 1.33 bits per heavy atom. The lowest BCUT2D eigenvalue weighted by Gasteiger charge is -2.20. The minimum absolute atomic E-state index is 0.127. The number of aliphatic hydroxyl groups excluding tert-OH is 3. The van der Waals surface area contributed by atoms with Crippen LogP contribution in [0.15, 0.2) is 21.4 Å². The van der Waals surface area contributed by atoms with Crippen LogP contribution >= 0.6 is 0 Å². The highest BCUT2D eigenvalue weighted by Gasteiger charge is 2.28. The van der Waals surface area contributed by atoms with Gasteiger partial charge in [0, 0.05) is 6.07 Å². The van der Waals surface area contributed by atoms with E-state index in [-0.39, 0.29) is 5.76 Å². The molecule has 0 fully saturated rings. The highest BCUT2D eigenvalue weighted by molar-refractivity contribution is 5.46. The lowest BCUT2D eigenvalue weighted by molar-refractivity contribution is -0.0550. The molecule has 0 spiro atoms. The Morgan fingerprint density at radius 3 is 2.39 bits per heavy atom. The summed E-state index contributed by atoms with van der Waals surface area (Å²) >= 11 is 0. The Hall–Kier alpha value is -1.63. The average Bonchev–Trinajstić information content (AvgIpc) is 2.27. The van der Waals surface area contributed by atoms with E-state index in [0.29, 0.717) is 0 Å². The van der Waals surface area contributed by atoms with Gasteiger partial charge in [-0.2, -0.15) is 0 Å². The first kappa shape index (κ1) is 14.4. The van der Waals surface area contributed by atoms with E-state index in [1.54, 1.807) is 13.0 Å². The van der Waals surface area contributed by atoms with Gasteiger partial charge in [0.05, 0.1) is 6.10 Å². The summed E-state index contributed by atoms with van der Waals surface area (Å²) in [6.07, 6.45) is -1.50. The molecule has 4 N–H and O–H groups in total. The van der Waals surface area contributed by atoms with Crippen molar-refractivity contribution in [2.45, 2.75) is 32.2 Å². The predicted octanol–water partition coefficient (Wildman–Crippen LogP) is 0.154. The van der Waals surface area contributed by atoms with Gasteiger partial charge in [0.25, 0.3) is 0 Å². The number of aromatic hydroxyl groups is 1. The summed E-state index contributed by atoms with van der Waals surface area (Å²) in [4.78, 5) is 11.6. The summed E-state index contributed by atoms with van der Waals surface area (Å²) in [6, 6.07) is 1.15. The van der Waals surface area contributed by atoms with Crippen molar-refractivity contribution < 1.29 is 24.8 Å². The fourth-order valence-corrected chi connectivity index (χ4v) is 1.46. The van der Waals surface area contributed by atoms with Crippen LogP contribution < -0.4 is 5.63 Å². The fraction of sp³-hybridized carbons (Fsp3) is 0.417. The number of hydrogen-bond donors (Lipinski definition) is 4. The van der Waals surface area contributed by atoms with Crippen molar-refractivity contribution in [2.75, 3.05) is 0 Å². The summed E-state index contributed by atoms with van der Waals surface area (Å²) < 4.78 is 4.83. The van der Waals surface area contributed by atoms with Crippen molar-refractivity contribution in [2.24, 2.45) is 0 Å². The van der Waals surface area contributed by atoms with E-state index in [4.69, 9.17) is 9.52 Å². The Balaban J connectivity index is 3.22. The first-order chi connectivity index (χ1) is 8.38. The van der Waals surface area contributed by atoms with Crippen LogP contribution in [0.5, 0.6) is 5.75 Å². The van der Waals surface area contributed by atoms with Gasteiger partial charge in [-0.1, -0.05) is 6.08 Å². The van der Waals surface area contributed by atoms with Gasteiger partial charge in [-0.05, 0) is 19.9 Å². The van der Waals surface area contributed by atoms with E-state index in [1.165, 1.54) is 13.0 Å². The van der Waals surface area contributed by atoms with Crippen molar-refractivity contribution in [1.82, 2.24) is 0 Å². The third-order valence-corrected chi connectivity index (χ3v) is 2.43. The van der Waals surface area contributed by atoms with Crippen LogP contribution in [0, 0.1) is 0 Å². The van der Waals surface area contributed by atoms with Gasteiger partial charge in [-0.3, -0.25) is 0 Å². The van der Waals surface area contributed by atoms with Crippen molar-refractivity contribution in [3.63, 3.8) is 0 Å². The number of allylic oxidation sites excluding steroid dienone is 1. The summed E-state index contributed by atoms with van der Waals surface area (Å²) in [5.74, 6) is -0.367. The maximum Gasteiger partial charge on any atom is 0.345 e. The second kappa shape index (κ2) is 5.81. The molecule has 1 aromatic rings. The molecule has 0 aliphatic carbocycles. The van der Waals surface area contributed by atoms with Crippen molar-refractivity contribution >= 4 is 6.08 Å². The topological polar surface area (TPSA) is 111 Å². The summed E-state index contributed by atoms with van der Waals surface area (Å²) in [5.41, 5.74) is -1.44. The minimum atomic E-state index is -1.72. The maximum absolute atomic E-state index is 11.6. The smallest absolute Gasteiger partial charge is 0.345 e. The quantitative estimate of drug-likeness (QED) is 0.610. The van der Waals surface area contributed by atoms with Gasteiger partial charge >= 0.3 is 5.63 Å². The Labute approximate surface area is 103 Å². The second-order valence-electron chi connectivity index (χ2n) is 3.91. The number of aliphatic hydroxyl groups is 3. The van der Waals surface area contributed by atoms with E-state index in [1.807, 2.05) is 0 Å². The van der Waals surface area contributed by atoms with Crippen molar-refractivity contribution in [3.8, 4) is 5.75 Å². The minimum Gasteiger partial charge on any atom is -0.507 e. The summed E-state index contributed by atoms with van der Waals surface area (Å²) in [6.45, 7) is 2.96. The Bertz CT molecular complexity index is 488. The van der Waals surface area contributed by atoms with Crippen LogP contribution in [-0.2, 0) is 0 Å². The molecule has 6 heteroatoms. The lowest BCUT2D eigenvalue weighted by Crippen LogP contribution is -2.32. The third-order valence-electron chi connectivity index (χ3n) is 2.43. The summed E-state index contributed by atoms with van der Waals surface area (Å²) in [5, 5.41) is 37.9. The van der Waals surface area contributed by atoms with Crippen LogP contribution in [0.4, 0.5) is 0 Å². The van der Waals surface area contributed by atoms with Gasteiger partial charge in [-0.15, -0.1) is 0 Å². The number of hydrogen-bond acceptors (Lipinski definition) is 6. The van der Waals surface area contributed by atoms with E-state index in [0.717, 1.165) is 6.07 Å². The molecule has 0 amide bonds. The van der Waals surface area contributed by atoms with E-state index in [2.05, 4.69) is 0 Å². The molecule has 1 rings (SSSR count). The predicted molar refractivity (Wildman–Crippen MR) is 64.0 cm³/mol. The first-order valence-corrected chi connectivity index (χ1v) is 5.42. The molecule has 0 saturated heterocycles. The first-order valence-electron chi connectivity index (χ1n) is 5.42. The molecular weight excluding hydrogens is 240 g/mol. The Kier molecular flexibility index (Phi) is 4.66. The fourth-order valence-electron chi connectivity index (χ4n) is 1.46. The van der Waals surface area contributed by atoms with E-state index < -0.39 is 35.3 Å². The average molecular weight is 256 g/mol. The molecule has 100 valence electrons. The summed E-state index contributed by atoms with van der Waals surface area (Å²) in [7, 11) is 0. The highest BCUT2D eigenvalue weighted by Crippen LogP contribution is 2.25. The number of rotatable bonds is 4.